The lowest BCUT2D eigenvalue weighted by molar-refractivity contribution is 0.171. The Bertz CT molecular complexity index is 368. The van der Waals surface area contributed by atoms with Crippen molar-refractivity contribution in [2.45, 2.75) is 45.6 Å². The Morgan fingerprint density at radius 3 is 2.53 bits per heavy atom. The van der Waals surface area contributed by atoms with Gasteiger partial charge in [-0.3, -0.25) is 4.68 Å². The number of halogens is 1. The van der Waals surface area contributed by atoms with Crippen molar-refractivity contribution in [2.24, 2.45) is 24.1 Å². The smallest absolute Gasteiger partial charge is 0.0834 e. The monoisotopic (exact) mass is 255 g/mol. The first-order valence-electron chi connectivity index (χ1n) is 6.34. The number of nitrogens with zero attached hydrogens (tertiary/aromatic N) is 2. The van der Waals surface area contributed by atoms with Gasteiger partial charge in [0.15, 0.2) is 0 Å². The van der Waals surface area contributed by atoms with E-state index in [1.54, 1.807) is 6.20 Å². The second-order valence-corrected chi connectivity index (χ2v) is 6.44. The molecule has 0 radical (unpaired) electrons. The molecule has 1 unspecified atom stereocenters. The quantitative estimate of drug-likeness (QED) is 0.881. The molecular formula is C13H22ClN3. The topological polar surface area (TPSA) is 43.8 Å². The molecule has 17 heavy (non-hydrogen) atoms. The molecule has 1 aromatic rings. The molecule has 0 saturated heterocycles. The van der Waals surface area contributed by atoms with Gasteiger partial charge in [-0.2, -0.15) is 5.10 Å². The molecule has 1 aliphatic carbocycles. The van der Waals surface area contributed by atoms with E-state index < -0.39 is 0 Å². The molecule has 1 heterocycles. The van der Waals surface area contributed by atoms with Crippen LogP contribution in [0.25, 0.3) is 0 Å². The van der Waals surface area contributed by atoms with Gasteiger partial charge in [0, 0.05) is 7.05 Å². The number of nitrogens with two attached hydrogens (primary N) is 1. The molecule has 0 amide bonds. The fraction of sp³-hybridized carbons (Fsp3) is 0.769. The van der Waals surface area contributed by atoms with Crippen molar-refractivity contribution in [3.63, 3.8) is 0 Å². The molecule has 96 valence electrons. The third kappa shape index (κ3) is 2.66. The van der Waals surface area contributed by atoms with Gasteiger partial charge in [0.1, 0.15) is 0 Å². The minimum atomic E-state index is 0.0195. The Labute approximate surface area is 108 Å². The number of aromatic nitrogens is 2. The van der Waals surface area contributed by atoms with Crippen LogP contribution in [0.4, 0.5) is 0 Å². The molecule has 1 fully saturated rings. The molecule has 2 N–H and O–H groups in total. The average molecular weight is 256 g/mol. The molecular weight excluding hydrogens is 234 g/mol. The highest BCUT2D eigenvalue weighted by Gasteiger charge is 2.32. The first-order chi connectivity index (χ1) is 7.91. The Balaban J connectivity index is 2.09. The van der Waals surface area contributed by atoms with Crippen molar-refractivity contribution in [1.82, 2.24) is 9.78 Å². The maximum absolute atomic E-state index is 6.36. The predicted molar refractivity (Wildman–Crippen MR) is 70.9 cm³/mol. The first kappa shape index (κ1) is 12.9. The summed E-state index contributed by atoms with van der Waals surface area (Å²) in [4.78, 5) is 0. The van der Waals surface area contributed by atoms with Crippen molar-refractivity contribution in [3.05, 3.63) is 16.9 Å². The maximum Gasteiger partial charge on any atom is 0.0834 e. The lowest BCUT2D eigenvalue weighted by atomic mass is 9.71. The van der Waals surface area contributed by atoms with Gasteiger partial charge in [0.25, 0.3) is 0 Å². The molecule has 1 atom stereocenters. The van der Waals surface area contributed by atoms with E-state index in [0.717, 1.165) is 5.69 Å². The standard InChI is InChI=1S/C13H22ClN3/c1-13(2)6-4-9(5-7-13)11(15)12-10(14)8-16-17(12)3/h8-9,11H,4-7,15H2,1-3H3. The second-order valence-electron chi connectivity index (χ2n) is 6.03. The Morgan fingerprint density at radius 1 is 1.47 bits per heavy atom. The lowest BCUT2D eigenvalue weighted by Crippen LogP contribution is -2.30. The SMILES string of the molecule is Cn1ncc(Cl)c1C(N)C1CCC(C)(C)CC1. The summed E-state index contributed by atoms with van der Waals surface area (Å²) in [6.45, 7) is 4.68. The van der Waals surface area contributed by atoms with Crippen LogP contribution in [0.2, 0.25) is 5.02 Å². The van der Waals surface area contributed by atoms with Crippen molar-refractivity contribution in [1.29, 1.82) is 0 Å². The van der Waals surface area contributed by atoms with Crippen molar-refractivity contribution in [2.75, 3.05) is 0 Å². The van der Waals surface area contributed by atoms with Gasteiger partial charge in [-0.05, 0) is 37.0 Å². The summed E-state index contributed by atoms with van der Waals surface area (Å²) >= 11 is 6.15. The van der Waals surface area contributed by atoms with E-state index in [1.807, 2.05) is 11.7 Å². The Kier molecular flexibility index (Phi) is 3.50. The summed E-state index contributed by atoms with van der Waals surface area (Å²) < 4.78 is 1.81. The highest BCUT2D eigenvalue weighted by Crippen LogP contribution is 2.42. The Morgan fingerprint density at radius 2 is 2.06 bits per heavy atom. The van der Waals surface area contributed by atoms with Gasteiger partial charge in [0.05, 0.1) is 23.0 Å². The molecule has 4 heteroatoms. The maximum atomic E-state index is 6.36. The molecule has 0 bridgehead atoms. The first-order valence-corrected chi connectivity index (χ1v) is 6.71. The van der Waals surface area contributed by atoms with Crippen molar-refractivity contribution < 1.29 is 0 Å². The fourth-order valence-corrected chi connectivity index (χ4v) is 3.09. The lowest BCUT2D eigenvalue weighted by Gasteiger charge is -2.36. The van der Waals surface area contributed by atoms with Crippen LogP contribution in [0, 0.1) is 11.3 Å². The van der Waals surface area contributed by atoms with Gasteiger partial charge >= 0.3 is 0 Å². The van der Waals surface area contributed by atoms with Crippen LogP contribution in [0.5, 0.6) is 0 Å². The number of rotatable bonds is 2. The molecule has 0 aromatic carbocycles. The second kappa shape index (κ2) is 4.62. The van der Waals surface area contributed by atoms with E-state index in [1.165, 1.54) is 25.7 Å². The third-order valence-corrected chi connectivity index (χ3v) is 4.44. The average Bonchev–Trinajstić information content (AvgIpc) is 2.58. The Hall–Kier alpha value is -0.540. The fourth-order valence-electron chi connectivity index (χ4n) is 2.80. The zero-order chi connectivity index (χ0) is 12.6. The van der Waals surface area contributed by atoms with Gasteiger partial charge in [-0.15, -0.1) is 0 Å². The largest absolute Gasteiger partial charge is 0.322 e. The third-order valence-electron chi connectivity index (χ3n) is 4.15. The summed E-state index contributed by atoms with van der Waals surface area (Å²) in [7, 11) is 1.91. The highest BCUT2D eigenvalue weighted by atomic mass is 35.5. The van der Waals surface area contributed by atoms with Gasteiger partial charge in [-0.25, -0.2) is 0 Å². The summed E-state index contributed by atoms with van der Waals surface area (Å²) in [5, 5.41) is 4.86. The van der Waals surface area contributed by atoms with Crippen molar-refractivity contribution >= 4 is 11.6 Å². The number of hydrogen-bond donors (Lipinski definition) is 1. The minimum absolute atomic E-state index is 0.0195. The summed E-state index contributed by atoms with van der Waals surface area (Å²) in [5.41, 5.74) is 7.82. The normalized spacial score (nSPS) is 22.6. The van der Waals surface area contributed by atoms with Gasteiger partial charge < -0.3 is 5.73 Å². The molecule has 3 nitrogen and oxygen atoms in total. The van der Waals surface area contributed by atoms with Crippen LogP contribution < -0.4 is 5.73 Å². The van der Waals surface area contributed by atoms with Crippen LogP contribution in [0.3, 0.4) is 0 Å². The summed E-state index contributed by atoms with van der Waals surface area (Å²) in [6.07, 6.45) is 6.57. The predicted octanol–water partition coefficient (Wildman–Crippen LogP) is 3.29. The van der Waals surface area contributed by atoms with Crippen LogP contribution in [-0.4, -0.2) is 9.78 Å². The van der Waals surface area contributed by atoms with E-state index >= 15 is 0 Å². The summed E-state index contributed by atoms with van der Waals surface area (Å²) in [5.74, 6) is 0.538. The molecule has 1 aliphatic rings. The van der Waals surface area contributed by atoms with Crippen molar-refractivity contribution in [3.8, 4) is 0 Å². The van der Waals surface area contributed by atoms with E-state index in [9.17, 15) is 0 Å². The van der Waals surface area contributed by atoms with E-state index in [4.69, 9.17) is 17.3 Å². The molecule has 0 aliphatic heterocycles. The molecule has 2 rings (SSSR count). The zero-order valence-electron chi connectivity index (χ0n) is 10.9. The van der Waals surface area contributed by atoms with Crippen LogP contribution >= 0.6 is 11.6 Å². The van der Waals surface area contributed by atoms with E-state index in [2.05, 4.69) is 18.9 Å². The minimum Gasteiger partial charge on any atom is -0.322 e. The van der Waals surface area contributed by atoms with Crippen LogP contribution in [0.15, 0.2) is 6.20 Å². The van der Waals surface area contributed by atoms with E-state index in [-0.39, 0.29) is 6.04 Å². The molecule has 1 aromatic heterocycles. The van der Waals surface area contributed by atoms with Crippen LogP contribution in [0.1, 0.15) is 51.3 Å². The van der Waals surface area contributed by atoms with Gasteiger partial charge in [-0.1, -0.05) is 25.4 Å². The number of aryl methyl sites for hydroxylation is 1. The summed E-state index contributed by atoms with van der Waals surface area (Å²) in [6, 6.07) is 0.0195. The van der Waals surface area contributed by atoms with E-state index in [0.29, 0.717) is 16.4 Å². The van der Waals surface area contributed by atoms with Gasteiger partial charge in [0.2, 0.25) is 0 Å². The van der Waals surface area contributed by atoms with Crippen LogP contribution in [-0.2, 0) is 7.05 Å². The number of hydrogen-bond acceptors (Lipinski definition) is 2. The highest BCUT2D eigenvalue weighted by molar-refractivity contribution is 6.31. The molecule has 0 spiro atoms. The zero-order valence-corrected chi connectivity index (χ0v) is 11.7. The molecule has 1 saturated carbocycles.